The Morgan fingerprint density at radius 2 is 1.73 bits per heavy atom. The molecule has 4 nitrogen and oxygen atoms in total. The van der Waals surface area contributed by atoms with Gasteiger partial charge in [-0.1, -0.05) is 76.8 Å². The van der Waals surface area contributed by atoms with E-state index in [9.17, 15) is 9.59 Å². The number of carbonyl (C=O) groups excluding carboxylic acids is 2. The molecule has 0 saturated heterocycles. The van der Waals surface area contributed by atoms with Crippen LogP contribution in [0.25, 0.3) is 0 Å². The second kappa shape index (κ2) is 13.4. The fourth-order valence-corrected chi connectivity index (χ4v) is 3.41. The number of ether oxygens (including phenoxy) is 1. The van der Waals surface area contributed by atoms with Crippen molar-refractivity contribution in [3.8, 4) is 0 Å². The maximum Gasteiger partial charge on any atom is 0.408 e. The van der Waals surface area contributed by atoms with Gasteiger partial charge in [-0.2, -0.15) is 0 Å². The van der Waals surface area contributed by atoms with E-state index in [1.807, 2.05) is 30.3 Å². The quantitative estimate of drug-likeness (QED) is 0.485. The number of rotatable bonds is 13. The van der Waals surface area contributed by atoms with E-state index in [0.717, 1.165) is 44.1 Å². The minimum absolute atomic E-state index is 0.114. The minimum Gasteiger partial charge on any atom is -0.438 e. The Balaban J connectivity index is 2.64. The molecule has 0 spiro atoms. The summed E-state index contributed by atoms with van der Waals surface area (Å²) >= 11 is 0. The van der Waals surface area contributed by atoms with Gasteiger partial charge in [0.15, 0.2) is 12.4 Å². The standard InChI is InChI=1S/C22H35NO3/c1-4-7-15-19(11-5-2)21(12-6-3)23-22(25)26-20(17-24)16-18-13-9-8-10-14-18/h8-10,13-14,17,19-21H,4-7,11-12,15-16H2,1-3H3,(H,23,25)/t19-,20-,21-/m0/s1. The zero-order chi connectivity index (χ0) is 19.2. The third kappa shape index (κ3) is 8.50. The third-order valence-electron chi connectivity index (χ3n) is 4.75. The Morgan fingerprint density at radius 3 is 2.31 bits per heavy atom. The molecular weight excluding hydrogens is 326 g/mol. The van der Waals surface area contributed by atoms with Crippen molar-refractivity contribution in [2.45, 2.75) is 84.3 Å². The monoisotopic (exact) mass is 361 g/mol. The molecule has 0 aliphatic carbocycles. The van der Waals surface area contributed by atoms with Gasteiger partial charge in [0.25, 0.3) is 0 Å². The molecule has 0 aliphatic heterocycles. The van der Waals surface area contributed by atoms with E-state index in [-0.39, 0.29) is 6.04 Å². The molecule has 3 atom stereocenters. The highest BCUT2D eigenvalue weighted by atomic mass is 16.6. The molecule has 0 saturated carbocycles. The van der Waals surface area contributed by atoms with Crippen molar-refractivity contribution in [2.24, 2.45) is 5.92 Å². The first kappa shape index (κ1) is 22.2. The Morgan fingerprint density at radius 1 is 1.04 bits per heavy atom. The number of hydrogen-bond acceptors (Lipinski definition) is 3. The number of carbonyl (C=O) groups is 2. The van der Waals surface area contributed by atoms with Gasteiger partial charge < -0.3 is 10.1 Å². The molecule has 0 bridgehead atoms. The predicted molar refractivity (Wildman–Crippen MR) is 106 cm³/mol. The molecule has 0 aromatic heterocycles. The zero-order valence-electron chi connectivity index (χ0n) is 16.6. The third-order valence-corrected chi connectivity index (χ3v) is 4.75. The van der Waals surface area contributed by atoms with E-state index in [1.54, 1.807) is 0 Å². The van der Waals surface area contributed by atoms with Gasteiger partial charge in [-0.15, -0.1) is 0 Å². The van der Waals surface area contributed by atoms with Crippen molar-refractivity contribution in [3.63, 3.8) is 0 Å². The molecule has 1 N–H and O–H groups in total. The van der Waals surface area contributed by atoms with Gasteiger partial charge in [-0.05, 0) is 30.7 Å². The molecule has 1 rings (SSSR count). The molecule has 0 radical (unpaired) electrons. The molecule has 1 aromatic carbocycles. The smallest absolute Gasteiger partial charge is 0.408 e. The van der Waals surface area contributed by atoms with Crippen molar-refractivity contribution in [1.82, 2.24) is 5.32 Å². The largest absolute Gasteiger partial charge is 0.438 e. The number of benzene rings is 1. The minimum atomic E-state index is -0.750. The van der Waals surface area contributed by atoms with Gasteiger partial charge in [0.1, 0.15) is 0 Å². The summed E-state index contributed by atoms with van der Waals surface area (Å²) in [6.07, 6.45) is 7.51. The van der Waals surface area contributed by atoms with Crippen LogP contribution in [0.15, 0.2) is 30.3 Å². The van der Waals surface area contributed by atoms with Gasteiger partial charge in [-0.3, -0.25) is 4.79 Å². The van der Waals surface area contributed by atoms with Crippen LogP contribution in [-0.4, -0.2) is 24.5 Å². The normalized spacial score (nSPS) is 14.3. The Hall–Kier alpha value is -1.84. The lowest BCUT2D eigenvalue weighted by molar-refractivity contribution is -0.115. The summed E-state index contributed by atoms with van der Waals surface area (Å²) in [5.41, 5.74) is 0.981. The number of amides is 1. The van der Waals surface area contributed by atoms with Gasteiger partial charge in [-0.25, -0.2) is 4.79 Å². The second-order valence-electron chi connectivity index (χ2n) is 7.00. The Kier molecular flexibility index (Phi) is 11.4. The number of aldehydes is 1. The second-order valence-corrected chi connectivity index (χ2v) is 7.00. The van der Waals surface area contributed by atoms with Gasteiger partial charge in [0.05, 0.1) is 0 Å². The van der Waals surface area contributed by atoms with Gasteiger partial charge >= 0.3 is 6.09 Å². The molecular formula is C22H35NO3. The summed E-state index contributed by atoms with van der Waals surface area (Å²) in [5.74, 6) is 0.469. The number of unbranched alkanes of at least 4 members (excludes halogenated alkanes) is 1. The van der Waals surface area contributed by atoms with E-state index >= 15 is 0 Å². The van der Waals surface area contributed by atoms with Crippen molar-refractivity contribution >= 4 is 12.4 Å². The fraction of sp³-hybridized carbons (Fsp3) is 0.636. The van der Waals surface area contributed by atoms with Gasteiger partial charge in [0, 0.05) is 12.5 Å². The van der Waals surface area contributed by atoms with Crippen LogP contribution in [-0.2, 0) is 16.0 Å². The van der Waals surface area contributed by atoms with Crippen LogP contribution >= 0.6 is 0 Å². The summed E-state index contributed by atoms with van der Waals surface area (Å²) in [7, 11) is 0. The highest BCUT2D eigenvalue weighted by Crippen LogP contribution is 2.22. The SMILES string of the molecule is CCCC[C@H](CCC)[C@H](CCC)NC(=O)O[C@H](C=O)Cc1ccccc1. The summed E-state index contributed by atoms with van der Waals surface area (Å²) < 4.78 is 5.40. The van der Waals surface area contributed by atoms with Crippen molar-refractivity contribution in [3.05, 3.63) is 35.9 Å². The van der Waals surface area contributed by atoms with Crippen LogP contribution < -0.4 is 5.32 Å². The van der Waals surface area contributed by atoms with E-state index in [4.69, 9.17) is 4.74 Å². The summed E-state index contributed by atoms with van der Waals surface area (Å²) in [6, 6.07) is 9.73. The topological polar surface area (TPSA) is 55.4 Å². The van der Waals surface area contributed by atoms with E-state index in [2.05, 4.69) is 26.1 Å². The first-order valence-corrected chi connectivity index (χ1v) is 10.1. The zero-order valence-corrected chi connectivity index (χ0v) is 16.6. The van der Waals surface area contributed by atoms with Crippen molar-refractivity contribution < 1.29 is 14.3 Å². The fourth-order valence-electron chi connectivity index (χ4n) is 3.41. The number of hydrogen-bond donors (Lipinski definition) is 1. The Bertz CT molecular complexity index is 503. The van der Waals surface area contributed by atoms with Crippen molar-refractivity contribution in [1.29, 1.82) is 0 Å². The van der Waals surface area contributed by atoms with Crippen LogP contribution in [0.4, 0.5) is 4.79 Å². The molecule has 0 heterocycles. The first-order valence-electron chi connectivity index (χ1n) is 10.1. The molecule has 26 heavy (non-hydrogen) atoms. The molecule has 1 aromatic rings. The molecule has 4 heteroatoms. The molecule has 0 fully saturated rings. The van der Waals surface area contributed by atoms with E-state index < -0.39 is 12.2 Å². The average molecular weight is 362 g/mol. The lowest BCUT2D eigenvalue weighted by atomic mass is 9.87. The lowest BCUT2D eigenvalue weighted by Crippen LogP contribution is -2.42. The first-order chi connectivity index (χ1) is 12.6. The maximum absolute atomic E-state index is 12.4. The summed E-state index contributed by atoms with van der Waals surface area (Å²) in [6.45, 7) is 6.51. The van der Waals surface area contributed by atoms with Crippen LogP contribution in [0.3, 0.4) is 0 Å². The van der Waals surface area contributed by atoms with Crippen LogP contribution in [0.1, 0.15) is 71.3 Å². The molecule has 0 aliphatic rings. The molecule has 0 unspecified atom stereocenters. The van der Waals surface area contributed by atoms with E-state index in [1.165, 1.54) is 6.42 Å². The highest BCUT2D eigenvalue weighted by Gasteiger charge is 2.23. The average Bonchev–Trinajstić information content (AvgIpc) is 2.65. The van der Waals surface area contributed by atoms with Gasteiger partial charge in [0.2, 0.25) is 0 Å². The highest BCUT2D eigenvalue weighted by molar-refractivity contribution is 5.71. The van der Waals surface area contributed by atoms with Crippen molar-refractivity contribution in [2.75, 3.05) is 0 Å². The lowest BCUT2D eigenvalue weighted by Gasteiger charge is -2.28. The number of nitrogens with one attached hydrogen (secondary N) is 1. The Labute approximate surface area is 158 Å². The van der Waals surface area contributed by atoms with Crippen LogP contribution in [0.2, 0.25) is 0 Å². The summed E-state index contributed by atoms with van der Waals surface area (Å²) in [5, 5.41) is 3.04. The van der Waals surface area contributed by atoms with Crippen LogP contribution in [0.5, 0.6) is 0 Å². The summed E-state index contributed by atoms with van der Waals surface area (Å²) in [4.78, 5) is 23.7. The maximum atomic E-state index is 12.4. The molecule has 146 valence electrons. The number of alkyl carbamates (subject to hydrolysis) is 1. The predicted octanol–water partition coefficient (Wildman–Crippen LogP) is 5.30. The van der Waals surface area contributed by atoms with E-state index in [0.29, 0.717) is 18.6 Å². The molecule has 1 amide bonds. The van der Waals surface area contributed by atoms with Crippen LogP contribution in [0, 0.1) is 5.92 Å².